The average Bonchev–Trinajstić information content (AvgIpc) is 3.77. The maximum atomic E-state index is 13.6. The number of alkyl halides is 3. The van der Waals surface area contributed by atoms with Crippen LogP contribution in [0.1, 0.15) is 24.0 Å². The van der Waals surface area contributed by atoms with E-state index in [0.29, 0.717) is 29.4 Å². The number of halogens is 3. The van der Waals surface area contributed by atoms with Crippen LogP contribution in [0.15, 0.2) is 54.9 Å². The minimum absolute atomic E-state index is 0.0317. The summed E-state index contributed by atoms with van der Waals surface area (Å²) in [5, 5.41) is 7.86. The van der Waals surface area contributed by atoms with Crippen LogP contribution in [0.2, 0.25) is 0 Å². The molecule has 216 valence electrons. The van der Waals surface area contributed by atoms with Gasteiger partial charge in [-0.25, -0.2) is 14.8 Å². The zero-order chi connectivity index (χ0) is 29.0. The number of nitrogens with one attached hydrogen (secondary N) is 3. The Labute approximate surface area is 234 Å². The van der Waals surface area contributed by atoms with E-state index in [0.717, 1.165) is 51.2 Å². The highest BCUT2D eigenvalue weighted by molar-refractivity contribution is 5.99. The molecule has 2 fully saturated rings. The van der Waals surface area contributed by atoms with Crippen molar-refractivity contribution in [2.45, 2.75) is 25.6 Å². The quantitative estimate of drug-likeness (QED) is 0.349. The molecule has 2 aliphatic rings. The number of anilines is 3. The molecule has 0 unspecified atom stereocenters. The minimum Gasteiger partial charge on any atom is -0.439 e. The number of ether oxygens (including phenoxy) is 1. The number of urea groups is 1. The molecule has 0 radical (unpaired) electrons. The summed E-state index contributed by atoms with van der Waals surface area (Å²) in [6.45, 7) is 3.55. The van der Waals surface area contributed by atoms with Crippen LogP contribution in [-0.2, 0) is 17.5 Å². The fourth-order valence-electron chi connectivity index (χ4n) is 4.34. The van der Waals surface area contributed by atoms with E-state index < -0.39 is 17.8 Å². The van der Waals surface area contributed by atoms with Crippen LogP contribution in [0.4, 0.5) is 35.2 Å². The zero-order valence-electron chi connectivity index (χ0n) is 22.4. The van der Waals surface area contributed by atoms with E-state index in [1.807, 2.05) is 7.05 Å². The Balaban J connectivity index is 1.19. The van der Waals surface area contributed by atoms with Crippen LogP contribution in [0.3, 0.4) is 0 Å². The molecule has 5 rings (SSSR count). The summed E-state index contributed by atoms with van der Waals surface area (Å²) in [7, 11) is 2.01. The molecule has 0 atom stereocenters. The van der Waals surface area contributed by atoms with Crippen LogP contribution < -0.4 is 20.7 Å². The lowest BCUT2D eigenvalue weighted by molar-refractivity contribution is -0.137. The van der Waals surface area contributed by atoms with Gasteiger partial charge in [0.2, 0.25) is 11.8 Å². The predicted octanol–water partition coefficient (Wildman–Crippen LogP) is 5.03. The van der Waals surface area contributed by atoms with Gasteiger partial charge in [0.1, 0.15) is 17.9 Å². The normalized spacial score (nSPS) is 16.2. The molecule has 3 aromatic rings. The summed E-state index contributed by atoms with van der Waals surface area (Å²) in [5.41, 5.74) is 0.108. The maximum Gasteiger partial charge on any atom is 0.416 e. The van der Waals surface area contributed by atoms with Gasteiger partial charge in [-0.2, -0.15) is 13.2 Å². The first kappa shape index (κ1) is 28.3. The third-order valence-corrected chi connectivity index (χ3v) is 6.76. The van der Waals surface area contributed by atoms with Gasteiger partial charge in [-0.1, -0.05) is 0 Å². The van der Waals surface area contributed by atoms with Crippen LogP contribution in [0, 0.1) is 5.92 Å². The Kier molecular flexibility index (Phi) is 8.36. The Morgan fingerprint density at radius 2 is 1.63 bits per heavy atom. The van der Waals surface area contributed by atoms with Crippen molar-refractivity contribution in [2.24, 2.45) is 5.92 Å². The van der Waals surface area contributed by atoms with Gasteiger partial charge in [0.25, 0.3) is 0 Å². The molecule has 41 heavy (non-hydrogen) atoms. The second-order valence-electron chi connectivity index (χ2n) is 10.2. The summed E-state index contributed by atoms with van der Waals surface area (Å²) >= 11 is 0. The Morgan fingerprint density at radius 1 is 0.927 bits per heavy atom. The summed E-state index contributed by atoms with van der Waals surface area (Å²) in [4.78, 5) is 36.9. The first-order valence-corrected chi connectivity index (χ1v) is 13.2. The Bertz CT molecular complexity index is 1390. The highest BCUT2D eigenvalue weighted by Gasteiger charge is 2.32. The molecule has 0 bridgehead atoms. The number of rotatable bonds is 8. The van der Waals surface area contributed by atoms with E-state index in [9.17, 15) is 22.8 Å². The summed E-state index contributed by atoms with van der Waals surface area (Å²) in [6.07, 6.45) is -1.52. The largest absolute Gasteiger partial charge is 0.439 e. The first-order valence-electron chi connectivity index (χ1n) is 13.2. The van der Waals surface area contributed by atoms with E-state index >= 15 is 0 Å². The van der Waals surface area contributed by atoms with Gasteiger partial charge in [-0.15, -0.1) is 0 Å². The molecular formula is C28H30F3N7O3. The highest BCUT2D eigenvalue weighted by atomic mass is 19.4. The van der Waals surface area contributed by atoms with E-state index in [4.69, 9.17) is 4.74 Å². The highest BCUT2D eigenvalue weighted by Crippen LogP contribution is 2.33. The molecule has 10 nitrogen and oxygen atoms in total. The lowest BCUT2D eigenvalue weighted by Gasteiger charge is -2.32. The number of benzene rings is 2. The fraction of sp³-hybridized carbons (Fsp3) is 0.357. The number of hydrogen-bond donors (Lipinski definition) is 3. The number of nitrogens with zero attached hydrogens (tertiary/aromatic N) is 4. The van der Waals surface area contributed by atoms with Crippen molar-refractivity contribution in [1.82, 2.24) is 19.8 Å². The number of amides is 3. The molecule has 1 aliphatic carbocycles. The van der Waals surface area contributed by atoms with Crippen LogP contribution in [-0.4, -0.2) is 64.9 Å². The van der Waals surface area contributed by atoms with Crippen molar-refractivity contribution >= 4 is 29.1 Å². The van der Waals surface area contributed by atoms with Crippen LogP contribution >= 0.6 is 0 Å². The second-order valence-corrected chi connectivity index (χ2v) is 10.2. The molecule has 2 heterocycles. The molecule has 13 heteroatoms. The second kappa shape index (κ2) is 12.1. The predicted molar refractivity (Wildman–Crippen MR) is 147 cm³/mol. The number of likely N-dealkylation sites (N-methyl/N-ethyl adjacent to an activating group) is 1. The van der Waals surface area contributed by atoms with Gasteiger partial charge in [-0.3, -0.25) is 9.69 Å². The fourth-order valence-corrected chi connectivity index (χ4v) is 4.34. The number of hydrogen-bond acceptors (Lipinski definition) is 7. The molecule has 2 aromatic carbocycles. The molecule has 0 spiro atoms. The summed E-state index contributed by atoms with van der Waals surface area (Å²) in [6, 6.07) is 10.8. The van der Waals surface area contributed by atoms with E-state index in [1.165, 1.54) is 12.4 Å². The molecule has 3 amide bonds. The standard InChI is InChI=1S/C28H30F3N7O3/c1-37-8-10-38(11-9-37)16-18-12-20(28(29,30)31)14-22(13-18)35-27(40)34-21-4-6-23(7-5-21)41-25-15-24(32-17-33-25)36-26(39)19-2-3-19/h4-7,12-15,17,19H,2-3,8-11,16H2,1H3,(H2,34,35,40)(H,32,33,36,39). The number of piperazine rings is 1. The van der Waals surface area contributed by atoms with Crippen molar-refractivity contribution in [2.75, 3.05) is 49.2 Å². The lowest BCUT2D eigenvalue weighted by atomic mass is 10.1. The third kappa shape index (κ3) is 8.14. The van der Waals surface area contributed by atoms with Crippen molar-refractivity contribution in [3.8, 4) is 11.6 Å². The summed E-state index contributed by atoms with van der Waals surface area (Å²) in [5.74, 6) is 0.925. The Morgan fingerprint density at radius 3 is 2.32 bits per heavy atom. The first-order chi connectivity index (χ1) is 19.6. The molecule has 1 saturated heterocycles. The van der Waals surface area contributed by atoms with Gasteiger partial charge in [0, 0.05) is 56.1 Å². The average molecular weight is 570 g/mol. The number of aromatic nitrogens is 2. The zero-order valence-corrected chi connectivity index (χ0v) is 22.4. The van der Waals surface area contributed by atoms with Crippen molar-refractivity contribution in [1.29, 1.82) is 0 Å². The summed E-state index contributed by atoms with van der Waals surface area (Å²) < 4.78 is 46.5. The molecule has 1 aromatic heterocycles. The maximum absolute atomic E-state index is 13.6. The van der Waals surface area contributed by atoms with Crippen LogP contribution in [0.5, 0.6) is 11.6 Å². The van der Waals surface area contributed by atoms with Crippen molar-refractivity contribution in [3.05, 3.63) is 66.0 Å². The molecule has 1 aliphatic heterocycles. The van der Waals surface area contributed by atoms with Gasteiger partial charge in [0.05, 0.1) is 5.56 Å². The van der Waals surface area contributed by atoms with Crippen molar-refractivity contribution < 1.29 is 27.5 Å². The monoisotopic (exact) mass is 569 g/mol. The third-order valence-electron chi connectivity index (χ3n) is 6.76. The SMILES string of the molecule is CN1CCN(Cc2cc(NC(=O)Nc3ccc(Oc4cc(NC(=O)C5CC5)ncn4)cc3)cc(C(F)(F)F)c2)CC1. The van der Waals surface area contributed by atoms with E-state index in [1.54, 1.807) is 30.3 Å². The van der Waals surface area contributed by atoms with E-state index in [-0.39, 0.29) is 23.4 Å². The van der Waals surface area contributed by atoms with Crippen molar-refractivity contribution in [3.63, 3.8) is 0 Å². The Hall–Kier alpha value is -4.23. The molecule has 3 N–H and O–H groups in total. The van der Waals surface area contributed by atoms with Gasteiger partial charge < -0.3 is 25.6 Å². The number of carbonyl (C=O) groups excluding carboxylic acids is 2. The lowest BCUT2D eigenvalue weighted by Crippen LogP contribution is -2.43. The van der Waals surface area contributed by atoms with E-state index in [2.05, 4.69) is 35.7 Å². The molecular weight excluding hydrogens is 539 g/mol. The smallest absolute Gasteiger partial charge is 0.416 e. The minimum atomic E-state index is -4.55. The van der Waals surface area contributed by atoms with Gasteiger partial charge in [-0.05, 0) is 67.9 Å². The molecule has 1 saturated carbocycles. The van der Waals surface area contributed by atoms with Gasteiger partial charge >= 0.3 is 12.2 Å². The van der Waals surface area contributed by atoms with Gasteiger partial charge in [0.15, 0.2) is 0 Å². The number of carbonyl (C=O) groups is 2. The van der Waals surface area contributed by atoms with Crippen LogP contribution in [0.25, 0.3) is 0 Å². The topological polar surface area (TPSA) is 112 Å².